The second kappa shape index (κ2) is 4.55. The molecule has 0 fully saturated rings. The second-order valence-electron chi connectivity index (χ2n) is 3.75. The Hall–Kier alpha value is -1.66. The van der Waals surface area contributed by atoms with Crippen LogP contribution in [0.3, 0.4) is 0 Å². The standard InChI is InChI=1S/C11H9ClN4OS/c1-7-8(12)5-16(14-7)6-10-13-11(15-17-10)9-3-2-4-18-9/h2-5H,6H2,1H3. The van der Waals surface area contributed by atoms with Crippen LogP contribution in [0.4, 0.5) is 0 Å². The molecule has 0 saturated carbocycles. The van der Waals surface area contributed by atoms with Crippen molar-refractivity contribution >= 4 is 22.9 Å². The SMILES string of the molecule is Cc1nn(Cc2nc(-c3cccs3)no2)cc1Cl. The predicted octanol–water partition coefficient (Wildman–Crippen LogP) is 3.00. The Labute approximate surface area is 112 Å². The molecule has 7 heteroatoms. The topological polar surface area (TPSA) is 56.7 Å². The van der Waals surface area contributed by atoms with Crippen molar-refractivity contribution < 1.29 is 4.52 Å². The van der Waals surface area contributed by atoms with Gasteiger partial charge in [0.2, 0.25) is 11.7 Å². The van der Waals surface area contributed by atoms with Crippen molar-refractivity contribution in [3.63, 3.8) is 0 Å². The van der Waals surface area contributed by atoms with Crippen LogP contribution in [0.25, 0.3) is 10.7 Å². The minimum Gasteiger partial charge on any atom is -0.337 e. The van der Waals surface area contributed by atoms with E-state index in [0.29, 0.717) is 23.3 Å². The number of hydrogen-bond acceptors (Lipinski definition) is 5. The zero-order valence-electron chi connectivity index (χ0n) is 9.50. The molecule has 3 rings (SSSR count). The Kier molecular flexibility index (Phi) is 2.89. The van der Waals surface area contributed by atoms with E-state index >= 15 is 0 Å². The molecule has 18 heavy (non-hydrogen) atoms. The molecule has 0 atom stereocenters. The quantitative estimate of drug-likeness (QED) is 0.740. The number of nitrogens with zero attached hydrogens (tertiary/aromatic N) is 4. The average molecular weight is 281 g/mol. The first-order valence-electron chi connectivity index (χ1n) is 5.28. The van der Waals surface area contributed by atoms with Crippen LogP contribution >= 0.6 is 22.9 Å². The van der Waals surface area contributed by atoms with Crippen molar-refractivity contribution in [2.75, 3.05) is 0 Å². The van der Waals surface area contributed by atoms with E-state index in [9.17, 15) is 0 Å². The van der Waals surface area contributed by atoms with E-state index in [4.69, 9.17) is 16.1 Å². The van der Waals surface area contributed by atoms with E-state index in [0.717, 1.165) is 10.6 Å². The van der Waals surface area contributed by atoms with Crippen molar-refractivity contribution in [3.05, 3.63) is 40.3 Å². The molecule has 0 amide bonds. The molecule has 0 aliphatic carbocycles. The average Bonchev–Trinajstić information content (AvgIpc) is 3.02. The summed E-state index contributed by atoms with van der Waals surface area (Å²) in [5.74, 6) is 1.12. The lowest BCUT2D eigenvalue weighted by Crippen LogP contribution is -2.00. The molecule has 3 heterocycles. The monoisotopic (exact) mass is 280 g/mol. The van der Waals surface area contributed by atoms with Gasteiger partial charge >= 0.3 is 0 Å². The zero-order valence-corrected chi connectivity index (χ0v) is 11.1. The fourth-order valence-corrected chi connectivity index (χ4v) is 2.34. The predicted molar refractivity (Wildman–Crippen MR) is 68.7 cm³/mol. The summed E-state index contributed by atoms with van der Waals surface area (Å²) in [6.07, 6.45) is 1.74. The summed E-state index contributed by atoms with van der Waals surface area (Å²) in [4.78, 5) is 5.30. The van der Waals surface area contributed by atoms with E-state index in [1.807, 2.05) is 24.4 Å². The summed E-state index contributed by atoms with van der Waals surface area (Å²) < 4.78 is 6.87. The minimum absolute atomic E-state index is 0.423. The maximum Gasteiger partial charge on any atom is 0.248 e. The van der Waals surface area contributed by atoms with Gasteiger partial charge < -0.3 is 4.52 Å². The van der Waals surface area contributed by atoms with Gasteiger partial charge in [0.25, 0.3) is 0 Å². The van der Waals surface area contributed by atoms with E-state index in [1.54, 1.807) is 22.2 Å². The highest BCUT2D eigenvalue weighted by Crippen LogP contribution is 2.21. The van der Waals surface area contributed by atoms with Gasteiger partial charge in [-0.1, -0.05) is 22.8 Å². The lowest BCUT2D eigenvalue weighted by Gasteiger charge is -1.93. The maximum absolute atomic E-state index is 5.93. The van der Waals surface area contributed by atoms with Crippen LogP contribution in [-0.4, -0.2) is 19.9 Å². The second-order valence-corrected chi connectivity index (χ2v) is 5.10. The molecular formula is C11H9ClN4OS. The third kappa shape index (κ3) is 2.16. The first-order chi connectivity index (χ1) is 8.72. The molecule has 0 radical (unpaired) electrons. The first-order valence-corrected chi connectivity index (χ1v) is 6.54. The van der Waals surface area contributed by atoms with Gasteiger partial charge in [0, 0.05) is 6.20 Å². The lowest BCUT2D eigenvalue weighted by atomic mass is 10.4. The number of rotatable bonds is 3. The normalized spacial score (nSPS) is 11.0. The van der Waals surface area contributed by atoms with E-state index in [-0.39, 0.29) is 0 Å². The van der Waals surface area contributed by atoms with Crippen molar-refractivity contribution in [3.8, 4) is 10.7 Å². The highest BCUT2D eigenvalue weighted by molar-refractivity contribution is 7.13. The van der Waals surface area contributed by atoms with Crippen LogP contribution in [0, 0.1) is 6.92 Å². The van der Waals surface area contributed by atoms with Gasteiger partial charge in [-0.15, -0.1) is 11.3 Å². The number of thiophene rings is 1. The summed E-state index contributed by atoms with van der Waals surface area (Å²) >= 11 is 7.51. The number of hydrogen-bond donors (Lipinski definition) is 0. The molecule has 5 nitrogen and oxygen atoms in total. The molecule has 0 aliphatic rings. The van der Waals surface area contributed by atoms with Crippen molar-refractivity contribution in [2.24, 2.45) is 0 Å². The van der Waals surface area contributed by atoms with Crippen LogP contribution in [0.15, 0.2) is 28.2 Å². The summed E-state index contributed by atoms with van der Waals surface area (Å²) in [6.45, 7) is 2.27. The molecule has 0 aromatic carbocycles. The van der Waals surface area contributed by atoms with Crippen LogP contribution in [0.2, 0.25) is 5.02 Å². The Morgan fingerprint density at radius 2 is 2.39 bits per heavy atom. The lowest BCUT2D eigenvalue weighted by molar-refractivity contribution is 0.366. The Bertz CT molecular complexity index is 639. The van der Waals surface area contributed by atoms with Gasteiger partial charge in [-0.2, -0.15) is 10.1 Å². The largest absolute Gasteiger partial charge is 0.337 e. The summed E-state index contributed by atoms with van der Waals surface area (Å²) in [5, 5.41) is 10.8. The summed E-state index contributed by atoms with van der Waals surface area (Å²) in [6, 6.07) is 3.90. The minimum atomic E-state index is 0.423. The third-order valence-electron chi connectivity index (χ3n) is 2.39. The molecular weight excluding hydrogens is 272 g/mol. The van der Waals surface area contributed by atoms with Gasteiger partial charge in [0.1, 0.15) is 6.54 Å². The Morgan fingerprint density at radius 1 is 1.50 bits per heavy atom. The van der Waals surface area contributed by atoms with Gasteiger partial charge in [-0.3, -0.25) is 4.68 Å². The number of halogens is 1. The van der Waals surface area contributed by atoms with Crippen molar-refractivity contribution in [1.82, 2.24) is 19.9 Å². The van der Waals surface area contributed by atoms with E-state index in [1.165, 1.54) is 0 Å². The molecule has 3 aromatic heterocycles. The zero-order chi connectivity index (χ0) is 12.5. The van der Waals surface area contributed by atoms with Gasteiger partial charge in [-0.25, -0.2) is 0 Å². The van der Waals surface area contributed by atoms with E-state index in [2.05, 4.69) is 15.2 Å². The molecule has 0 unspecified atom stereocenters. The fraction of sp³-hybridized carbons (Fsp3) is 0.182. The maximum atomic E-state index is 5.93. The molecule has 92 valence electrons. The van der Waals surface area contributed by atoms with Crippen LogP contribution < -0.4 is 0 Å². The van der Waals surface area contributed by atoms with Crippen molar-refractivity contribution in [2.45, 2.75) is 13.5 Å². The molecule has 0 N–H and O–H groups in total. The summed E-state index contributed by atoms with van der Waals surface area (Å²) in [5.41, 5.74) is 0.787. The van der Waals surface area contributed by atoms with Gasteiger partial charge in [-0.05, 0) is 18.4 Å². The number of aromatic nitrogens is 4. The first kappa shape index (κ1) is 11.4. The van der Waals surface area contributed by atoms with E-state index < -0.39 is 0 Å². The van der Waals surface area contributed by atoms with Gasteiger partial charge in [0.05, 0.1) is 15.6 Å². The van der Waals surface area contributed by atoms with Crippen LogP contribution in [-0.2, 0) is 6.54 Å². The Morgan fingerprint density at radius 3 is 3.06 bits per heavy atom. The molecule has 3 aromatic rings. The molecule has 0 saturated heterocycles. The highest BCUT2D eigenvalue weighted by atomic mass is 35.5. The Balaban J connectivity index is 1.82. The van der Waals surface area contributed by atoms with Crippen LogP contribution in [0.5, 0.6) is 0 Å². The molecule has 0 spiro atoms. The highest BCUT2D eigenvalue weighted by Gasteiger charge is 2.11. The molecule has 0 aliphatic heterocycles. The number of aryl methyl sites for hydroxylation is 1. The fourth-order valence-electron chi connectivity index (χ4n) is 1.54. The molecule has 0 bridgehead atoms. The van der Waals surface area contributed by atoms with Gasteiger partial charge in [0.15, 0.2) is 0 Å². The summed E-state index contributed by atoms with van der Waals surface area (Å²) in [7, 11) is 0. The van der Waals surface area contributed by atoms with Crippen molar-refractivity contribution in [1.29, 1.82) is 0 Å². The van der Waals surface area contributed by atoms with Crippen LogP contribution in [0.1, 0.15) is 11.6 Å². The third-order valence-corrected chi connectivity index (χ3v) is 3.63. The smallest absolute Gasteiger partial charge is 0.248 e.